The molecule has 138 valence electrons. The molecular formula is C18H25NO6. The van der Waals surface area contributed by atoms with Gasteiger partial charge in [-0.2, -0.15) is 0 Å². The number of methoxy groups -OCH3 is 1. The van der Waals surface area contributed by atoms with Crippen molar-refractivity contribution < 1.29 is 29.0 Å². The molecule has 0 aromatic heterocycles. The maximum atomic E-state index is 12.6. The van der Waals surface area contributed by atoms with E-state index in [4.69, 9.17) is 4.74 Å². The van der Waals surface area contributed by atoms with Gasteiger partial charge in [0.1, 0.15) is 5.60 Å². The molecule has 7 heteroatoms. The molecule has 1 rings (SSSR count). The quantitative estimate of drug-likeness (QED) is 0.759. The summed E-state index contributed by atoms with van der Waals surface area (Å²) in [6.07, 6.45) is -1.03. The summed E-state index contributed by atoms with van der Waals surface area (Å²) in [4.78, 5) is 36.7. The fourth-order valence-electron chi connectivity index (χ4n) is 2.26. The van der Waals surface area contributed by atoms with E-state index in [2.05, 4.69) is 4.74 Å². The Hall–Kier alpha value is -2.57. The summed E-state index contributed by atoms with van der Waals surface area (Å²) >= 11 is 0. The van der Waals surface area contributed by atoms with Gasteiger partial charge in [-0.25, -0.2) is 4.79 Å². The zero-order valence-electron chi connectivity index (χ0n) is 15.0. The van der Waals surface area contributed by atoms with E-state index in [0.29, 0.717) is 5.56 Å². The van der Waals surface area contributed by atoms with Gasteiger partial charge in [0.2, 0.25) is 0 Å². The predicted molar refractivity (Wildman–Crippen MR) is 91.0 cm³/mol. The summed E-state index contributed by atoms with van der Waals surface area (Å²) in [5.74, 6) is -1.55. The Bertz CT molecular complexity index is 593. The van der Waals surface area contributed by atoms with Gasteiger partial charge in [0.05, 0.1) is 26.0 Å². The van der Waals surface area contributed by atoms with Crippen molar-refractivity contribution >= 4 is 18.0 Å². The highest BCUT2D eigenvalue weighted by Gasteiger charge is 2.31. The van der Waals surface area contributed by atoms with Crippen molar-refractivity contribution in [3.63, 3.8) is 0 Å². The van der Waals surface area contributed by atoms with Crippen molar-refractivity contribution in [1.82, 2.24) is 4.90 Å². The van der Waals surface area contributed by atoms with Gasteiger partial charge < -0.3 is 14.6 Å². The standard InChI is InChI=1S/C18H25NO6/c1-18(2,3)25-17(23)19(11-10-16(22)24-4)14(12-15(20)21)13-8-6-5-7-9-13/h5-9,14H,10-12H2,1-4H3,(H,20,21)/t14-/m0/s1. The first-order valence-corrected chi connectivity index (χ1v) is 7.97. The van der Waals surface area contributed by atoms with Crippen molar-refractivity contribution in [2.24, 2.45) is 0 Å². The monoisotopic (exact) mass is 351 g/mol. The van der Waals surface area contributed by atoms with E-state index in [1.807, 2.05) is 0 Å². The summed E-state index contributed by atoms with van der Waals surface area (Å²) in [7, 11) is 1.26. The summed E-state index contributed by atoms with van der Waals surface area (Å²) in [6, 6.07) is 8.05. The number of hydrogen-bond acceptors (Lipinski definition) is 5. The van der Waals surface area contributed by atoms with Crippen molar-refractivity contribution in [3.05, 3.63) is 35.9 Å². The van der Waals surface area contributed by atoms with Crippen LogP contribution < -0.4 is 0 Å². The van der Waals surface area contributed by atoms with Gasteiger partial charge in [-0.15, -0.1) is 0 Å². The number of carbonyl (C=O) groups is 3. The molecule has 0 unspecified atom stereocenters. The van der Waals surface area contributed by atoms with E-state index in [0.717, 1.165) is 0 Å². The van der Waals surface area contributed by atoms with Gasteiger partial charge >= 0.3 is 18.0 Å². The number of carboxylic acids is 1. The molecule has 0 aliphatic carbocycles. The number of ether oxygens (including phenoxy) is 2. The number of carbonyl (C=O) groups excluding carboxylic acids is 2. The molecule has 0 aliphatic rings. The second-order valence-electron chi connectivity index (χ2n) is 6.52. The van der Waals surface area contributed by atoms with Crippen molar-refractivity contribution in [2.75, 3.05) is 13.7 Å². The lowest BCUT2D eigenvalue weighted by Crippen LogP contribution is -2.41. The van der Waals surface area contributed by atoms with Crippen LogP contribution >= 0.6 is 0 Å². The molecule has 0 aliphatic heterocycles. The first-order valence-electron chi connectivity index (χ1n) is 7.97. The molecule has 1 N–H and O–H groups in total. The van der Waals surface area contributed by atoms with Gasteiger partial charge in [-0.1, -0.05) is 30.3 Å². The first-order chi connectivity index (χ1) is 11.6. The molecule has 0 saturated carbocycles. The SMILES string of the molecule is COC(=O)CCN(C(=O)OC(C)(C)C)[C@@H](CC(=O)O)c1ccccc1. The van der Waals surface area contributed by atoms with Crippen LogP contribution in [0.2, 0.25) is 0 Å². The maximum Gasteiger partial charge on any atom is 0.410 e. The molecule has 0 saturated heterocycles. The van der Waals surface area contributed by atoms with E-state index >= 15 is 0 Å². The summed E-state index contributed by atoms with van der Waals surface area (Å²) in [5.41, 5.74) is -0.0916. The van der Waals surface area contributed by atoms with Gasteiger partial charge in [-0.3, -0.25) is 14.5 Å². The normalized spacial score (nSPS) is 12.2. The minimum atomic E-state index is -1.06. The van der Waals surface area contributed by atoms with E-state index < -0.39 is 29.7 Å². The molecule has 0 radical (unpaired) electrons. The van der Waals surface area contributed by atoms with E-state index in [9.17, 15) is 19.5 Å². The molecule has 1 atom stereocenters. The Balaban J connectivity index is 3.15. The van der Waals surface area contributed by atoms with Gasteiger partial charge in [-0.05, 0) is 26.3 Å². The minimum Gasteiger partial charge on any atom is -0.481 e. The largest absolute Gasteiger partial charge is 0.481 e. The number of hydrogen-bond donors (Lipinski definition) is 1. The lowest BCUT2D eigenvalue weighted by atomic mass is 10.0. The molecule has 7 nitrogen and oxygen atoms in total. The van der Waals surface area contributed by atoms with Crippen molar-refractivity contribution in [2.45, 2.75) is 45.3 Å². The topological polar surface area (TPSA) is 93.1 Å². The fraction of sp³-hybridized carbons (Fsp3) is 0.500. The Morgan fingerprint density at radius 1 is 1.16 bits per heavy atom. The molecule has 0 fully saturated rings. The van der Waals surface area contributed by atoms with Crippen LogP contribution in [0.4, 0.5) is 4.79 Å². The van der Waals surface area contributed by atoms with E-state index in [1.54, 1.807) is 51.1 Å². The first kappa shape index (κ1) is 20.5. The smallest absolute Gasteiger partial charge is 0.410 e. The van der Waals surface area contributed by atoms with Crippen LogP contribution in [0.1, 0.15) is 45.2 Å². The Morgan fingerprint density at radius 3 is 2.24 bits per heavy atom. The van der Waals surface area contributed by atoms with Crippen molar-refractivity contribution in [3.8, 4) is 0 Å². The van der Waals surface area contributed by atoms with Gasteiger partial charge in [0.25, 0.3) is 0 Å². The second-order valence-corrected chi connectivity index (χ2v) is 6.52. The molecule has 1 aromatic carbocycles. The molecule has 1 aromatic rings. The zero-order chi connectivity index (χ0) is 19.0. The Labute approximate surface area is 147 Å². The number of carboxylic acid groups (broad SMARTS) is 1. The highest BCUT2D eigenvalue weighted by molar-refractivity contribution is 5.74. The lowest BCUT2D eigenvalue weighted by Gasteiger charge is -2.33. The lowest BCUT2D eigenvalue weighted by molar-refractivity contribution is -0.141. The highest BCUT2D eigenvalue weighted by Crippen LogP contribution is 2.27. The highest BCUT2D eigenvalue weighted by atomic mass is 16.6. The predicted octanol–water partition coefficient (Wildman–Crippen LogP) is 3.00. The molecule has 0 heterocycles. The number of esters is 1. The third kappa shape index (κ3) is 7.24. The summed E-state index contributed by atoms with van der Waals surface area (Å²) in [5, 5.41) is 9.26. The summed E-state index contributed by atoms with van der Waals surface area (Å²) < 4.78 is 10.0. The van der Waals surface area contributed by atoms with Gasteiger partial charge in [0, 0.05) is 6.54 Å². The Kier molecular flexibility index (Phi) is 7.42. The van der Waals surface area contributed by atoms with E-state index in [1.165, 1.54) is 12.0 Å². The number of aliphatic carboxylic acids is 1. The third-order valence-corrected chi connectivity index (χ3v) is 3.34. The number of benzene rings is 1. The van der Waals surface area contributed by atoms with Crippen LogP contribution in [0.5, 0.6) is 0 Å². The number of amides is 1. The molecule has 0 spiro atoms. The average molecular weight is 351 g/mol. The van der Waals surface area contributed by atoms with Crippen LogP contribution in [-0.2, 0) is 19.1 Å². The minimum absolute atomic E-state index is 0.00553. The number of nitrogens with zero attached hydrogens (tertiary/aromatic N) is 1. The number of rotatable bonds is 7. The third-order valence-electron chi connectivity index (χ3n) is 3.34. The molecule has 0 bridgehead atoms. The van der Waals surface area contributed by atoms with Gasteiger partial charge in [0.15, 0.2) is 0 Å². The molecule has 1 amide bonds. The van der Waals surface area contributed by atoms with Crippen LogP contribution in [0.25, 0.3) is 0 Å². The second kappa shape index (κ2) is 9.05. The van der Waals surface area contributed by atoms with E-state index in [-0.39, 0.29) is 19.4 Å². The fourth-order valence-corrected chi connectivity index (χ4v) is 2.26. The van der Waals surface area contributed by atoms with Crippen LogP contribution in [-0.4, -0.2) is 47.3 Å². The molecule has 25 heavy (non-hydrogen) atoms. The zero-order valence-corrected chi connectivity index (χ0v) is 15.0. The Morgan fingerprint density at radius 2 is 1.76 bits per heavy atom. The van der Waals surface area contributed by atoms with Crippen LogP contribution in [0.15, 0.2) is 30.3 Å². The van der Waals surface area contributed by atoms with Crippen molar-refractivity contribution in [1.29, 1.82) is 0 Å². The maximum absolute atomic E-state index is 12.6. The molecular weight excluding hydrogens is 326 g/mol. The average Bonchev–Trinajstić information content (AvgIpc) is 2.52. The van der Waals surface area contributed by atoms with Crippen LogP contribution in [0, 0.1) is 0 Å². The summed E-state index contributed by atoms with van der Waals surface area (Å²) in [6.45, 7) is 5.16. The van der Waals surface area contributed by atoms with Crippen LogP contribution in [0.3, 0.4) is 0 Å².